The summed E-state index contributed by atoms with van der Waals surface area (Å²) in [4.78, 5) is 12.5. The molecule has 6 heteroatoms. The lowest BCUT2D eigenvalue weighted by Gasteiger charge is -2.31. The zero-order valence-corrected chi connectivity index (χ0v) is 13.3. The van der Waals surface area contributed by atoms with Crippen LogP contribution in [0.3, 0.4) is 0 Å². The van der Waals surface area contributed by atoms with Crippen LogP contribution in [0.25, 0.3) is 0 Å². The Labute approximate surface area is 126 Å². The fraction of sp³-hybridized carbons (Fsp3) is 0.385. The Bertz CT molecular complexity index is 501. The van der Waals surface area contributed by atoms with Gasteiger partial charge < -0.3 is 16.2 Å². The molecule has 0 bridgehead atoms. The van der Waals surface area contributed by atoms with Crippen LogP contribution >= 0.6 is 28.1 Å². The lowest BCUT2D eigenvalue weighted by atomic mass is 9.92. The van der Waals surface area contributed by atoms with Crippen molar-refractivity contribution in [2.24, 2.45) is 5.73 Å². The number of aromatic hydroxyl groups is 1. The van der Waals surface area contributed by atoms with E-state index in [9.17, 15) is 9.90 Å². The summed E-state index contributed by atoms with van der Waals surface area (Å²) in [6.07, 6.45) is 1.19. The van der Waals surface area contributed by atoms with E-state index in [1.807, 2.05) is 13.8 Å². The molecule has 19 heavy (non-hydrogen) atoms. The van der Waals surface area contributed by atoms with Crippen molar-refractivity contribution in [3.8, 4) is 5.75 Å². The van der Waals surface area contributed by atoms with Crippen molar-refractivity contribution < 1.29 is 9.90 Å². The van der Waals surface area contributed by atoms with Crippen molar-refractivity contribution in [3.63, 3.8) is 0 Å². The van der Waals surface area contributed by atoms with Crippen molar-refractivity contribution in [2.75, 3.05) is 0 Å². The van der Waals surface area contributed by atoms with Crippen LogP contribution in [0.4, 0.5) is 0 Å². The normalized spacial score (nSPS) is 11.1. The van der Waals surface area contributed by atoms with Gasteiger partial charge >= 0.3 is 0 Å². The molecule has 0 atom stereocenters. The quantitative estimate of drug-likeness (QED) is 0.718. The molecule has 1 aromatic carbocycles. The molecule has 0 saturated heterocycles. The average molecular weight is 345 g/mol. The van der Waals surface area contributed by atoms with Gasteiger partial charge in [0.2, 0.25) is 0 Å². The minimum absolute atomic E-state index is 0.0789. The van der Waals surface area contributed by atoms with Gasteiger partial charge in [0.1, 0.15) is 5.75 Å². The van der Waals surface area contributed by atoms with Crippen LogP contribution in [0.1, 0.15) is 37.0 Å². The molecule has 0 aliphatic heterocycles. The lowest BCUT2D eigenvalue weighted by molar-refractivity contribution is 0.0917. The molecular weight excluding hydrogens is 328 g/mol. The fourth-order valence-electron chi connectivity index (χ4n) is 1.81. The summed E-state index contributed by atoms with van der Waals surface area (Å²) in [5.41, 5.74) is 5.20. The summed E-state index contributed by atoms with van der Waals surface area (Å²) >= 11 is 8.31. The molecule has 0 heterocycles. The standard InChI is InChI=1S/C13H17BrN2O2S/c1-3-13(4-2,12(15)19)16-11(18)9-7-8(14)5-6-10(9)17/h5-7,17H,3-4H2,1-2H3,(H2,15,19)(H,16,18). The number of halogens is 1. The van der Waals surface area contributed by atoms with Gasteiger partial charge in [0, 0.05) is 4.47 Å². The third-order valence-corrected chi connectivity index (χ3v) is 4.12. The minimum Gasteiger partial charge on any atom is -0.507 e. The van der Waals surface area contributed by atoms with Crippen LogP contribution in [-0.4, -0.2) is 21.5 Å². The third kappa shape index (κ3) is 3.45. The Kier molecular flexibility index (Phi) is 5.31. The number of nitrogens with two attached hydrogens (primary N) is 1. The smallest absolute Gasteiger partial charge is 0.255 e. The summed E-state index contributed by atoms with van der Waals surface area (Å²) in [5, 5.41) is 12.6. The SMILES string of the molecule is CCC(CC)(NC(=O)c1cc(Br)ccc1O)C(N)=S. The maximum Gasteiger partial charge on any atom is 0.255 e. The molecule has 0 saturated carbocycles. The van der Waals surface area contributed by atoms with Crippen LogP contribution in [0.2, 0.25) is 0 Å². The highest BCUT2D eigenvalue weighted by atomic mass is 79.9. The Balaban J connectivity index is 3.07. The topological polar surface area (TPSA) is 75.3 Å². The highest BCUT2D eigenvalue weighted by Crippen LogP contribution is 2.24. The molecule has 0 fully saturated rings. The van der Waals surface area contributed by atoms with Gasteiger partial charge in [-0.1, -0.05) is 42.0 Å². The van der Waals surface area contributed by atoms with Gasteiger partial charge in [-0.05, 0) is 31.0 Å². The van der Waals surface area contributed by atoms with Gasteiger partial charge in [0.05, 0.1) is 16.1 Å². The molecule has 0 spiro atoms. The molecular formula is C13H17BrN2O2S. The second-order valence-electron chi connectivity index (χ2n) is 4.27. The molecule has 4 N–H and O–H groups in total. The molecule has 0 unspecified atom stereocenters. The number of rotatable bonds is 5. The molecule has 4 nitrogen and oxygen atoms in total. The highest BCUT2D eigenvalue weighted by molar-refractivity contribution is 9.10. The van der Waals surface area contributed by atoms with Crippen molar-refractivity contribution >= 4 is 39.0 Å². The lowest BCUT2D eigenvalue weighted by Crippen LogP contribution is -2.55. The molecule has 0 aliphatic carbocycles. The second kappa shape index (κ2) is 6.34. The van der Waals surface area contributed by atoms with E-state index in [0.29, 0.717) is 17.3 Å². The van der Waals surface area contributed by atoms with Crippen LogP contribution in [0.15, 0.2) is 22.7 Å². The first-order valence-electron chi connectivity index (χ1n) is 5.97. The monoisotopic (exact) mass is 344 g/mol. The Morgan fingerprint density at radius 1 is 1.47 bits per heavy atom. The zero-order chi connectivity index (χ0) is 14.6. The Morgan fingerprint density at radius 3 is 2.53 bits per heavy atom. The van der Waals surface area contributed by atoms with E-state index < -0.39 is 11.4 Å². The number of carbonyl (C=O) groups is 1. The maximum atomic E-state index is 12.2. The third-order valence-electron chi connectivity index (χ3n) is 3.23. The van der Waals surface area contributed by atoms with Gasteiger partial charge in [-0.3, -0.25) is 4.79 Å². The van der Waals surface area contributed by atoms with Gasteiger partial charge in [0.25, 0.3) is 5.91 Å². The van der Waals surface area contributed by atoms with Gasteiger partial charge in [-0.2, -0.15) is 0 Å². The number of benzene rings is 1. The summed E-state index contributed by atoms with van der Waals surface area (Å²) in [7, 11) is 0. The van der Waals surface area contributed by atoms with E-state index in [1.165, 1.54) is 6.07 Å². The fourth-order valence-corrected chi connectivity index (χ4v) is 2.51. The number of hydrogen-bond donors (Lipinski definition) is 3. The number of amides is 1. The molecule has 1 aromatic rings. The minimum atomic E-state index is -0.721. The summed E-state index contributed by atoms with van der Waals surface area (Å²) in [6.45, 7) is 3.81. The number of nitrogens with one attached hydrogen (secondary N) is 1. The molecule has 0 aromatic heterocycles. The van der Waals surface area contributed by atoms with E-state index >= 15 is 0 Å². The van der Waals surface area contributed by atoms with Crippen molar-refractivity contribution in [1.82, 2.24) is 5.32 Å². The first-order chi connectivity index (χ1) is 8.86. The van der Waals surface area contributed by atoms with Crippen molar-refractivity contribution in [2.45, 2.75) is 32.2 Å². The number of thiocarbonyl (C=S) groups is 1. The summed E-state index contributed by atoms with van der Waals surface area (Å²) < 4.78 is 0.712. The van der Waals surface area contributed by atoms with Crippen molar-refractivity contribution in [3.05, 3.63) is 28.2 Å². The number of hydrogen-bond acceptors (Lipinski definition) is 3. The first-order valence-corrected chi connectivity index (χ1v) is 7.17. The second-order valence-corrected chi connectivity index (χ2v) is 5.62. The zero-order valence-electron chi connectivity index (χ0n) is 10.9. The van der Waals surface area contributed by atoms with E-state index in [-0.39, 0.29) is 16.3 Å². The molecule has 1 rings (SSSR count). The van der Waals surface area contributed by atoms with Gasteiger partial charge in [-0.15, -0.1) is 0 Å². The van der Waals surface area contributed by atoms with Gasteiger partial charge in [0.15, 0.2) is 0 Å². The maximum absolute atomic E-state index is 12.2. The first kappa shape index (κ1) is 15.9. The molecule has 0 aliphatic rings. The van der Waals surface area contributed by atoms with Crippen LogP contribution in [-0.2, 0) is 0 Å². The predicted octanol–water partition coefficient (Wildman–Crippen LogP) is 2.73. The van der Waals surface area contributed by atoms with Gasteiger partial charge in [-0.25, -0.2) is 0 Å². The Hall–Kier alpha value is -1.14. The largest absolute Gasteiger partial charge is 0.507 e. The van der Waals surface area contributed by atoms with E-state index in [4.69, 9.17) is 18.0 Å². The summed E-state index contributed by atoms with van der Waals surface area (Å²) in [6, 6.07) is 4.67. The van der Waals surface area contributed by atoms with Crippen LogP contribution < -0.4 is 11.1 Å². The number of phenolic OH excluding ortho intramolecular Hbond substituents is 1. The molecule has 0 radical (unpaired) electrons. The van der Waals surface area contributed by atoms with Crippen molar-refractivity contribution in [1.29, 1.82) is 0 Å². The highest BCUT2D eigenvalue weighted by Gasteiger charge is 2.32. The molecule has 1 amide bonds. The number of phenols is 1. The van der Waals surface area contributed by atoms with Crippen LogP contribution in [0, 0.1) is 0 Å². The molecule has 104 valence electrons. The predicted molar refractivity (Wildman–Crippen MR) is 83.4 cm³/mol. The van der Waals surface area contributed by atoms with E-state index in [2.05, 4.69) is 21.2 Å². The number of carbonyl (C=O) groups excluding carboxylic acids is 1. The van der Waals surface area contributed by atoms with E-state index in [1.54, 1.807) is 12.1 Å². The van der Waals surface area contributed by atoms with E-state index in [0.717, 1.165) is 0 Å². The summed E-state index contributed by atoms with van der Waals surface area (Å²) in [5.74, 6) is -0.472. The van der Waals surface area contributed by atoms with Crippen LogP contribution in [0.5, 0.6) is 5.75 Å². The average Bonchev–Trinajstić information content (AvgIpc) is 2.38. The Morgan fingerprint density at radius 2 is 2.05 bits per heavy atom.